The summed E-state index contributed by atoms with van der Waals surface area (Å²) in [6.07, 6.45) is 0. The summed E-state index contributed by atoms with van der Waals surface area (Å²) in [5, 5.41) is 9.13. The first kappa shape index (κ1) is 36.7. The zero-order chi connectivity index (χ0) is 41.3. The predicted molar refractivity (Wildman–Crippen MR) is 260 cm³/mol. The summed E-state index contributed by atoms with van der Waals surface area (Å²) in [5.74, 6) is 0. The van der Waals surface area contributed by atoms with Crippen LogP contribution < -0.4 is 16.2 Å². The fourth-order valence-electron chi connectivity index (χ4n) is 10.4. The van der Waals surface area contributed by atoms with Gasteiger partial charge in [0.2, 0.25) is 0 Å². The maximum atomic E-state index is 3.96. The first-order valence-corrected chi connectivity index (χ1v) is 21.6. The Morgan fingerprint density at radius 2 is 1.18 bits per heavy atom. The van der Waals surface area contributed by atoms with Gasteiger partial charge in [-0.1, -0.05) is 164 Å². The van der Waals surface area contributed by atoms with E-state index in [1.165, 1.54) is 105 Å². The zero-order valence-electron chi connectivity index (χ0n) is 36.1. The number of fused-ring (bicyclic) bond motifs is 10. The number of hydrogen-bond acceptors (Lipinski definition) is 1. The van der Waals surface area contributed by atoms with E-state index in [1.807, 2.05) is 0 Å². The van der Waals surface area contributed by atoms with Crippen molar-refractivity contribution in [3.8, 4) is 39.1 Å². The van der Waals surface area contributed by atoms with Crippen molar-refractivity contribution in [2.45, 2.75) is 71.6 Å². The molecule has 0 saturated heterocycles. The fourth-order valence-corrected chi connectivity index (χ4v) is 10.4. The minimum atomic E-state index is -0.198. The van der Waals surface area contributed by atoms with Crippen LogP contribution in [0.5, 0.6) is 0 Å². The molecule has 0 fully saturated rings. The minimum absolute atomic E-state index is 0.00305. The van der Waals surface area contributed by atoms with E-state index in [2.05, 4.69) is 217 Å². The molecular weight excluding hydrogens is 723 g/mol. The Morgan fingerprint density at radius 1 is 0.533 bits per heavy atom. The third-order valence-electron chi connectivity index (χ3n) is 13.6. The SMILES string of the molecule is CC(C)(C)c1ccc2c(c1)c1cc(C(C)(C)C)cc3c1n2-c1c(c(-c2cc4ccccc4cc2Nc2ccc(-c4ccccc4)cc2)cc2c1C(C)(C)c1ccccc1-2)B3. The Kier molecular flexibility index (Phi) is 7.86. The molecule has 8 aromatic carbocycles. The van der Waals surface area contributed by atoms with Gasteiger partial charge in [-0.2, -0.15) is 0 Å². The molecule has 0 unspecified atom stereocenters. The molecular formula is C57H51BN2. The van der Waals surface area contributed by atoms with Gasteiger partial charge in [0.05, 0.1) is 5.52 Å². The molecule has 1 N–H and O–H groups in total. The van der Waals surface area contributed by atoms with E-state index in [9.17, 15) is 0 Å². The van der Waals surface area contributed by atoms with Crippen LogP contribution in [0.2, 0.25) is 0 Å². The molecule has 0 bridgehead atoms. The number of hydrogen-bond donors (Lipinski definition) is 1. The summed E-state index contributed by atoms with van der Waals surface area (Å²) in [5.41, 5.74) is 22.0. The average molecular weight is 775 g/mol. The molecule has 9 aromatic rings. The second kappa shape index (κ2) is 12.8. The van der Waals surface area contributed by atoms with Crippen LogP contribution in [-0.2, 0) is 16.2 Å². The number of nitrogens with one attached hydrogen (secondary N) is 1. The first-order chi connectivity index (χ1) is 28.8. The molecule has 1 aromatic heterocycles. The predicted octanol–water partition coefficient (Wildman–Crippen LogP) is 13.6. The average Bonchev–Trinajstić information content (AvgIpc) is 3.69. The number of rotatable bonds is 4. The normalized spacial score (nSPS) is 13.9. The summed E-state index contributed by atoms with van der Waals surface area (Å²) in [6, 6.07) is 57.1. The van der Waals surface area contributed by atoms with Crippen LogP contribution in [0.3, 0.4) is 0 Å². The van der Waals surface area contributed by atoms with Gasteiger partial charge in [-0.15, -0.1) is 0 Å². The topological polar surface area (TPSA) is 17.0 Å². The smallest absolute Gasteiger partial charge is 0.198 e. The van der Waals surface area contributed by atoms with E-state index < -0.39 is 0 Å². The van der Waals surface area contributed by atoms with Crippen molar-refractivity contribution in [3.05, 3.63) is 174 Å². The molecule has 3 heteroatoms. The first-order valence-electron chi connectivity index (χ1n) is 21.6. The molecule has 0 radical (unpaired) electrons. The summed E-state index contributed by atoms with van der Waals surface area (Å²) < 4.78 is 2.68. The molecule has 0 saturated carbocycles. The molecule has 1 aliphatic carbocycles. The van der Waals surface area contributed by atoms with E-state index in [0.717, 1.165) is 18.7 Å². The third kappa shape index (κ3) is 5.55. The quantitative estimate of drug-likeness (QED) is 0.176. The van der Waals surface area contributed by atoms with E-state index in [1.54, 1.807) is 0 Å². The highest BCUT2D eigenvalue weighted by atomic mass is 15.0. The molecule has 0 atom stereocenters. The summed E-state index contributed by atoms with van der Waals surface area (Å²) in [6.45, 7) is 18.9. The molecule has 0 spiro atoms. The highest BCUT2D eigenvalue weighted by molar-refractivity contribution is 6.73. The van der Waals surface area contributed by atoms with Crippen molar-refractivity contribution in [1.29, 1.82) is 0 Å². The van der Waals surface area contributed by atoms with Crippen molar-refractivity contribution in [2.75, 3.05) is 5.32 Å². The van der Waals surface area contributed by atoms with Gasteiger partial charge in [0, 0.05) is 44.3 Å². The van der Waals surface area contributed by atoms with Crippen LogP contribution in [0.25, 0.3) is 71.6 Å². The molecule has 292 valence electrons. The van der Waals surface area contributed by atoms with Crippen LogP contribution in [0, 0.1) is 0 Å². The molecule has 1 aliphatic heterocycles. The van der Waals surface area contributed by atoms with Gasteiger partial charge < -0.3 is 9.88 Å². The zero-order valence-corrected chi connectivity index (χ0v) is 36.1. The molecule has 2 aliphatic rings. The Hall–Kier alpha value is -6.32. The van der Waals surface area contributed by atoms with Gasteiger partial charge in [-0.3, -0.25) is 0 Å². The van der Waals surface area contributed by atoms with Crippen molar-refractivity contribution in [2.24, 2.45) is 0 Å². The third-order valence-corrected chi connectivity index (χ3v) is 13.6. The molecule has 60 heavy (non-hydrogen) atoms. The van der Waals surface area contributed by atoms with Crippen molar-refractivity contribution in [3.63, 3.8) is 0 Å². The Balaban J connectivity index is 1.23. The maximum Gasteiger partial charge on any atom is 0.198 e. The Morgan fingerprint density at radius 3 is 1.92 bits per heavy atom. The van der Waals surface area contributed by atoms with Gasteiger partial charge in [-0.05, 0) is 126 Å². The number of nitrogens with zero attached hydrogens (tertiary/aromatic N) is 1. The summed E-state index contributed by atoms with van der Waals surface area (Å²) in [7, 11) is 0.852. The van der Waals surface area contributed by atoms with E-state index in [-0.39, 0.29) is 16.2 Å². The van der Waals surface area contributed by atoms with Crippen LogP contribution >= 0.6 is 0 Å². The Bertz CT molecular complexity index is 3220. The van der Waals surface area contributed by atoms with Gasteiger partial charge in [0.15, 0.2) is 7.28 Å². The summed E-state index contributed by atoms with van der Waals surface area (Å²) >= 11 is 0. The maximum absolute atomic E-state index is 3.96. The highest BCUT2D eigenvalue weighted by Crippen LogP contribution is 2.54. The molecule has 11 rings (SSSR count). The molecule has 2 nitrogen and oxygen atoms in total. The van der Waals surface area contributed by atoms with Crippen molar-refractivity contribution >= 4 is 62.2 Å². The Labute approximate surface area is 355 Å². The standard InChI is InChI=1S/C57H51BN2/c1-55(2,3)38-24-27-50-43(30-38)46-31-39(56(4,5)6)32-48-53(46)60(50)54-51-44(41-20-14-15-21-47(41)57(51,7)8)33-45(52(54)58-48)42-28-36-18-12-13-19-37(36)29-49(42)59-40-25-22-35(23-26-40)34-16-10-9-11-17-34/h9-33,58-59H,1-8H3. The second-order valence-corrected chi connectivity index (χ2v) is 19.9. The van der Waals surface area contributed by atoms with Crippen LogP contribution in [0.4, 0.5) is 11.4 Å². The van der Waals surface area contributed by atoms with Gasteiger partial charge in [-0.25, -0.2) is 0 Å². The van der Waals surface area contributed by atoms with Crippen LogP contribution in [0.15, 0.2) is 152 Å². The van der Waals surface area contributed by atoms with E-state index in [0.29, 0.717) is 0 Å². The number of aromatic nitrogens is 1. The lowest BCUT2D eigenvalue weighted by Crippen LogP contribution is -2.40. The van der Waals surface area contributed by atoms with Gasteiger partial charge in [0.25, 0.3) is 0 Å². The minimum Gasteiger partial charge on any atom is -0.355 e. The number of anilines is 2. The monoisotopic (exact) mass is 774 g/mol. The van der Waals surface area contributed by atoms with Crippen LogP contribution in [-0.4, -0.2) is 11.8 Å². The lowest BCUT2D eigenvalue weighted by molar-refractivity contribution is 0.590. The van der Waals surface area contributed by atoms with E-state index >= 15 is 0 Å². The number of benzene rings is 8. The van der Waals surface area contributed by atoms with Gasteiger partial charge >= 0.3 is 0 Å². The lowest BCUT2D eigenvalue weighted by Gasteiger charge is -2.32. The summed E-state index contributed by atoms with van der Waals surface area (Å²) in [4.78, 5) is 0. The van der Waals surface area contributed by atoms with Gasteiger partial charge in [0.1, 0.15) is 0 Å². The van der Waals surface area contributed by atoms with Crippen LogP contribution in [0.1, 0.15) is 77.6 Å². The largest absolute Gasteiger partial charge is 0.355 e. The molecule has 0 amide bonds. The van der Waals surface area contributed by atoms with Crippen molar-refractivity contribution < 1.29 is 0 Å². The lowest BCUT2D eigenvalue weighted by atomic mass is 9.57. The molecule has 2 heterocycles. The van der Waals surface area contributed by atoms with Crippen molar-refractivity contribution in [1.82, 2.24) is 4.57 Å². The highest BCUT2D eigenvalue weighted by Gasteiger charge is 2.42. The van der Waals surface area contributed by atoms with E-state index in [4.69, 9.17) is 0 Å². The fraction of sp³-hybridized carbons (Fsp3) is 0.193. The second-order valence-electron chi connectivity index (χ2n) is 19.9.